The largest absolute Gasteiger partial charge is 0.336 e. The molecule has 0 aliphatic carbocycles. The van der Waals surface area contributed by atoms with Gasteiger partial charge in [-0.2, -0.15) is 0 Å². The molecule has 1 aromatic rings. The summed E-state index contributed by atoms with van der Waals surface area (Å²) in [6.45, 7) is 2.34. The van der Waals surface area contributed by atoms with Crippen LogP contribution < -0.4 is 5.14 Å². The number of benzene rings is 1. The number of likely N-dealkylation sites (tertiary alicyclic amines) is 1. The summed E-state index contributed by atoms with van der Waals surface area (Å²) in [6, 6.07) is 1.22. The maximum absolute atomic E-state index is 13.8. The summed E-state index contributed by atoms with van der Waals surface area (Å²) in [6.07, 6.45) is 2.27. The van der Waals surface area contributed by atoms with Crippen molar-refractivity contribution in [3.8, 4) is 0 Å². The number of carbonyl (C=O) groups is 1. The van der Waals surface area contributed by atoms with Crippen LogP contribution in [0.25, 0.3) is 0 Å². The molecular formula is C13H16F2N2O3S. The Bertz CT molecular complexity index is 676. The summed E-state index contributed by atoms with van der Waals surface area (Å²) in [4.78, 5) is 13.2. The summed E-state index contributed by atoms with van der Waals surface area (Å²) >= 11 is 0. The summed E-state index contributed by atoms with van der Waals surface area (Å²) in [5.41, 5.74) is -0.598. The van der Waals surface area contributed by atoms with Gasteiger partial charge in [0.15, 0.2) is 11.6 Å². The second kappa shape index (κ2) is 5.69. The zero-order valence-electron chi connectivity index (χ0n) is 11.5. The first-order valence-electron chi connectivity index (χ1n) is 6.58. The molecule has 1 aliphatic rings. The second-order valence-corrected chi connectivity index (χ2v) is 6.58. The number of halogens is 2. The summed E-state index contributed by atoms with van der Waals surface area (Å²) in [7, 11) is -4.22. The van der Waals surface area contributed by atoms with Crippen molar-refractivity contribution in [3.05, 3.63) is 29.3 Å². The quantitative estimate of drug-likeness (QED) is 0.919. The van der Waals surface area contributed by atoms with E-state index in [0.717, 1.165) is 18.9 Å². The third-order valence-electron chi connectivity index (χ3n) is 3.67. The van der Waals surface area contributed by atoms with Crippen LogP contribution in [0.3, 0.4) is 0 Å². The fourth-order valence-electron chi connectivity index (χ4n) is 2.57. The fraction of sp³-hybridized carbons (Fsp3) is 0.462. The lowest BCUT2D eigenvalue weighted by Gasteiger charge is -2.24. The van der Waals surface area contributed by atoms with E-state index in [2.05, 4.69) is 0 Å². The van der Waals surface area contributed by atoms with Crippen molar-refractivity contribution in [1.29, 1.82) is 0 Å². The van der Waals surface area contributed by atoms with Crippen LogP contribution in [0, 0.1) is 11.6 Å². The molecule has 1 aromatic carbocycles. The predicted octanol–water partition coefficient (Wildman–Crippen LogP) is 1.63. The first kappa shape index (κ1) is 15.8. The van der Waals surface area contributed by atoms with Crippen molar-refractivity contribution in [2.45, 2.75) is 37.1 Å². The normalized spacial score (nSPS) is 19.0. The first-order valence-corrected chi connectivity index (χ1v) is 8.13. The van der Waals surface area contributed by atoms with Crippen LogP contribution in [0.5, 0.6) is 0 Å². The second-order valence-electron chi connectivity index (χ2n) is 5.01. The molecule has 2 rings (SSSR count). The molecule has 0 bridgehead atoms. The standard InChI is InChI=1S/C13H16F2N2O3S/c1-2-8-4-3-5-17(8)13(18)10-6-9(21(16,19)20)7-11(14)12(10)15/h6-8H,2-5H2,1H3,(H2,16,19,20). The minimum absolute atomic E-state index is 0.0434. The van der Waals surface area contributed by atoms with E-state index in [1.165, 1.54) is 4.90 Å². The average Bonchev–Trinajstić information content (AvgIpc) is 2.88. The van der Waals surface area contributed by atoms with Gasteiger partial charge in [0.25, 0.3) is 5.91 Å². The molecule has 0 aromatic heterocycles. The number of primary sulfonamides is 1. The number of hydrogen-bond donors (Lipinski definition) is 1. The van der Waals surface area contributed by atoms with Gasteiger partial charge < -0.3 is 4.90 Å². The van der Waals surface area contributed by atoms with Gasteiger partial charge in [0.05, 0.1) is 10.5 Å². The van der Waals surface area contributed by atoms with Crippen LogP contribution in [0.2, 0.25) is 0 Å². The van der Waals surface area contributed by atoms with Crippen molar-refractivity contribution >= 4 is 15.9 Å². The molecule has 0 saturated carbocycles. The third kappa shape index (κ3) is 3.06. The van der Waals surface area contributed by atoms with Gasteiger partial charge in [-0.15, -0.1) is 0 Å². The van der Waals surface area contributed by atoms with E-state index in [1.54, 1.807) is 0 Å². The molecule has 2 N–H and O–H groups in total. The molecule has 1 unspecified atom stereocenters. The Hall–Kier alpha value is -1.54. The molecule has 0 spiro atoms. The van der Waals surface area contributed by atoms with Crippen molar-refractivity contribution in [2.75, 3.05) is 6.54 Å². The molecule has 1 atom stereocenters. The lowest BCUT2D eigenvalue weighted by atomic mass is 10.1. The summed E-state index contributed by atoms with van der Waals surface area (Å²) < 4.78 is 49.9. The van der Waals surface area contributed by atoms with E-state index < -0.39 is 38.0 Å². The molecule has 5 nitrogen and oxygen atoms in total. The molecular weight excluding hydrogens is 302 g/mol. The fourth-order valence-corrected chi connectivity index (χ4v) is 3.12. The number of amides is 1. The molecule has 1 heterocycles. The van der Waals surface area contributed by atoms with E-state index in [0.29, 0.717) is 19.0 Å². The van der Waals surface area contributed by atoms with Crippen molar-refractivity contribution in [1.82, 2.24) is 4.90 Å². The van der Waals surface area contributed by atoms with E-state index in [1.807, 2.05) is 6.92 Å². The van der Waals surface area contributed by atoms with Gasteiger partial charge in [0.1, 0.15) is 0 Å². The van der Waals surface area contributed by atoms with Gasteiger partial charge in [0, 0.05) is 12.6 Å². The Morgan fingerprint density at radius 3 is 2.67 bits per heavy atom. The molecule has 116 valence electrons. The average molecular weight is 318 g/mol. The first-order chi connectivity index (χ1) is 9.75. The van der Waals surface area contributed by atoms with Crippen LogP contribution >= 0.6 is 0 Å². The highest BCUT2D eigenvalue weighted by Gasteiger charge is 2.31. The Kier molecular flexibility index (Phi) is 4.29. The van der Waals surface area contributed by atoms with Crippen molar-refractivity contribution < 1.29 is 22.0 Å². The highest BCUT2D eigenvalue weighted by molar-refractivity contribution is 7.89. The topological polar surface area (TPSA) is 80.5 Å². The van der Waals surface area contributed by atoms with Gasteiger partial charge in [-0.25, -0.2) is 22.3 Å². The van der Waals surface area contributed by atoms with Crippen LogP contribution in [-0.2, 0) is 10.0 Å². The number of hydrogen-bond acceptors (Lipinski definition) is 3. The maximum Gasteiger partial charge on any atom is 0.257 e. The smallest absolute Gasteiger partial charge is 0.257 e. The van der Waals surface area contributed by atoms with Gasteiger partial charge in [-0.05, 0) is 31.4 Å². The van der Waals surface area contributed by atoms with Crippen molar-refractivity contribution in [2.24, 2.45) is 5.14 Å². The SMILES string of the molecule is CCC1CCCN1C(=O)c1cc(S(N)(=O)=O)cc(F)c1F. The Morgan fingerprint density at radius 1 is 1.43 bits per heavy atom. The van der Waals surface area contributed by atoms with Crippen LogP contribution in [-0.4, -0.2) is 31.8 Å². The predicted molar refractivity (Wildman–Crippen MR) is 72.1 cm³/mol. The third-order valence-corrected chi connectivity index (χ3v) is 4.56. The van der Waals surface area contributed by atoms with Gasteiger partial charge >= 0.3 is 0 Å². The Morgan fingerprint density at radius 2 is 2.10 bits per heavy atom. The van der Waals surface area contributed by atoms with Crippen LogP contribution in [0.1, 0.15) is 36.5 Å². The van der Waals surface area contributed by atoms with E-state index >= 15 is 0 Å². The monoisotopic (exact) mass is 318 g/mol. The molecule has 1 saturated heterocycles. The zero-order valence-corrected chi connectivity index (χ0v) is 12.3. The van der Waals surface area contributed by atoms with Crippen molar-refractivity contribution in [3.63, 3.8) is 0 Å². The van der Waals surface area contributed by atoms with E-state index in [-0.39, 0.29) is 6.04 Å². The molecule has 0 radical (unpaired) electrons. The zero-order chi connectivity index (χ0) is 15.8. The van der Waals surface area contributed by atoms with E-state index in [4.69, 9.17) is 5.14 Å². The molecule has 1 aliphatic heterocycles. The minimum Gasteiger partial charge on any atom is -0.336 e. The number of carbonyl (C=O) groups excluding carboxylic acids is 1. The molecule has 21 heavy (non-hydrogen) atoms. The van der Waals surface area contributed by atoms with Crippen LogP contribution in [0.4, 0.5) is 8.78 Å². The Balaban J connectivity index is 2.48. The highest BCUT2D eigenvalue weighted by atomic mass is 32.2. The summed E-state index contributed by atoms with van der Waals surface area (Å²) in [5.74, 6) is -3.47. The number of nitrogens with zero attached hydrogens (tertiary/aromatic N) is 1. The summed E-state index contributed by atoms with van der Waals surface area (Å²) in [5, 5.41) is 4.91. The molecule has 1 fully saturated rings. The highest BCUT2D eigenvalue weighted by Crippen LogP contribution is 2.25. The lowest BCUT2D eigenvalue weighted by Crippen LogP contribution is -2.36. The Labute approximate surface area is 121 Å². The number of rotatable bonds is 3. The maximum atomic E-state index is 13.8. The van der Waals surface area contributed by atoms with Crippen LogP contribution in [0.15, 0.2) is 17.0 Å². The minimum atomic E-state index is -4.22. The van der Waals surface area contributed by atoms with E-state index in [9.17, 15) is 22.0 Å². The molecule has 1 amide bonds. The molecule has 8 heteroatoms. The van der Waals surface area contributed by atoms with Gasteiger partial charge in [0.2, 0.25) is 10.0 Å². The number of sulfonamides is 1. The number of nitrogens with two attached hydrogens (primary N) is 1. The van der Waals surface area contributed by atoms with Gasteiger partial charge in [-0.1, -0.05) is 6.92 Å². The van der Waals surface area contributed by atoms with Gasteiger partial charge in [-0.3, -0.25) is 4.79 Å². The lowest BCUT2D eigenvalue weighted by molar-refractivity contribution is 0.0727.